The summed E-state index contributed by atoms with van der Waals surface area (Å²) in [5.41, 5.74) is 1.40. The molecule has 0 radical (unpaired) electrons. The normalized spacial score (nSPS) is 15.5. The van der Waals surface area contributed by atoms with Crippen molar-refractivity contribution in [2.24, 2.45) is 5.10 Å². The van der Waals surface area contributed by atoms with E-state index in [0.717, 1.165) is 5.01 Å². The Balaban J connectivity index is 2.02. The van der Waals surface area contributed by atoms with Gasteiger partial charge in [-0.2, -0.15) is 10.1 Å². The van der Waals surface area contributed by atoms with E-state index in [2.05, 4.69) is 15.1 Å². The van der Waals surface area contributed by atoms with E-state index in [4.69, 9.17) is 16.3 Å². The van der Waals surface area contributed by atoms with Crippen LogP contribution in [0, 0.1) is 6.92 Å². The van der Waals surface area contributed by atoms with Gasteiger partial charge in [-0.15, -0.1) is 0 Å². The highest BCUT2D eigenvalue weighted by molar-refractivity contribution is 6.33. The number of hydrazone groups is 1. The van der Waals surface area contributed by atoms with Crippen LogP contribution in [0.2, 0.25) is 5.02 Å². The Morgan fingerprint density at radius 2 is 2.00 bits per heavy atom. The van der Waals surface area contributed by atoms with Gasteiger partial charge in [-0.3, -0.25) is 14.6 Å². The summed E-state index contributed by atoms with van der Waals surface area (Å²) in [6.07, 6.45) is 1.57. The molecule has 2 heterocycles. The first-order valence-corrected chi connectivity index (χ1v) is 7.94. The number of ether oxygens (including phenoxy) is 1. The van der Waals surface area contributed by atoms with Crippen LogP contribution in [0.15, 0.2) is 33.7 Å². The molecule has 2 aromatic rings. The number of benzene rings is 1. The molecule has 1 amide bonds. The Morgan fingerprint density at radius 3 is 2.65 bits per heavy atom. The number of aromatic amines is 1. The van der Waals surface area contributed by atoms with E-state index in [9.17, 15) is 14.7 Å². The van der Waals surface area contributed by atoms with Crippen LogP contribution in [-0.4, -0.2) is 33.8 Å². The van der Waals surface area contributed by atoms with Gasteiger partial charge in [-0.25, -0.2) is 4.98 Å². The van der Waals surface area contributed by atoms with Gasteiger partial charge in [-0.05, 0) is 37.6 Å². The zero-order chi connectivity index (χ0) is 19.0. The number of aromatic hydroxyl groups is 1. The SMILES string of the molecule is COc1cc(C=C2C(=O)N(c3nc(C)cc(=O)[nH]3)N=C2C)cc(Cl)c1O. The van der Waals surface area contributed by atoms with E-state index in [1.165, 1.54) is 19.2 Å². The summed E-state index contributed by atoms with van der Waals surface area (Å²) in [7, 11) is 1.40. The zero-order valence-electron chi connectivity index (χ0n) is 14.2. The standard InChI is InChI=1S/C17H15ClN4O4/c1-8-4-14(23)20-17(19-8)22-16(25)11(9(2)21-22)5-10-6-12(18)15(24)13(7-10)26-3/h4-7,24H,1-3H3,(H,19,20,23). The summed E-state index contributed by atoms with van der Waals surface area (Å²) in [5, 5.41) is 15.1. The fourth-order valence-corrected chi connectivity index (χ4v) is 2.71. The molecule has 26 heavy (non-hydrogen) atoms. The number of phenols is 1. The number of H-pyrrole nitrogens is 1. The van der Waals surface area contributed by atoms with E-state index >= 15 is 0 Å². The van der Waals surface area contributed by atoms with E-state index in [1.54, 1.807) is 26.0 Å². The van der Waals surface area contributed by atoms with E-state index in [-0.39, 0.29) is 28.0 Å². The predicted octanol–water partition coefficient (Wildman–Crippen LogP) is 2.25. The van der Waals surface area contributed by atoms with Crippen molar-refractivity contribution in [2.75, 3.05) is 12.1 Å². The number of carbonyl (C=O) groups is 1. The van der Waals surface area contributed by atoms with Crippen molar-refractivity contribution in [3.05, 3.63) is 50.4 Å². The molecule has 0 saturated heterocycles. The second kappa shape index (κ2) is 6.64. The summed E-state index contributed by atoms with van der Waals surface area (Å²) in [4.78, 5) is 31.0. The Labute approximate surface area is 153 Å². The lowest BCUT2D eigenvalue weighted by molar-refractivity contribution is -0.114. The molecule has 1 aliphatic heterocycles. The van der Waals surface area contributed by atoms with Gasteiger partial charge >= 0.3 is 0 Å². The first-order valence-electron chi connectivity index (χ1n) is 7.56. The number of hydrogen-bond donors (Lipinski definition) is 2. The Kier molecular flexibility index (Phi) is 4.52. The van der Waals surface area contributed by atoms with Gasteiger partial charge < -0.3 is 9.84 Å². The highest BCUT2D eigenvalue weighted by Gasteiger charge is 2.30. The third kappa shape index (κ3) is 3.18. The van der Waals surface area contributed by atoms with Gasteiger partial charge in [0.05, 0.1) is 23.4 Å². The van der Waals surface area contributed by atoms with Crippen LogP contribution in [-0.2, 0) is 4.79 Å². The third-order valence-electron chi connectivity index (χ3n) is 3.70. The lowest BCUT2D eigenvalue weighted by Gasteiger charge is -2.10. The number of nitrogens with one attached hydrogen (secondary N) is 1. The maximum Gasteiger partial charge on any atom is 0.283 e. The topological polar surface area (TPSA) is 108 Å². The summed E-state index contributed by atoms with van der Waals surface area (Å²) in [6.45, 7) is 3.31. The molecule has 1 aromatic carbocycles. The average molecular weight is 375 g/mol. The van der Waals surface area contributed by atoms with Gasteiger partial charge in [-0.1, -0.05) is 11.6 Å². The van der Waals surface area contributed by atoms with Crippen LogP contribution in [0.1, 0.15) is 18.2 Å². The molecule has 9 heteroatoms. The number of anilines is 1. The van der Waals surface area contributed by atoms with Crippen molar-refractivity contribution >= 4 is 35.2 Å². The summed E-state index contributed by atoms with van der Waals surface area (Å²) in [6, 6.07) is 4.37. The minimum absolute atomic E-state index is 0.0454. The molecule has 2 N–H and O–H groups in total. The first kappa shape index (κ1) is 17.7. The highest BCUT2D eigenvalue weighted by atomic mass is 35.5. The number of aryl methyl sites for hydroxylation is 1. The number of methoxy groups -OCH3 is 1. The van der Waals surface area contributed by atoms with E-state index in [0.29, 0.717) is 22.5 Å². The third-order valence-corrected chi connectivity index (χ3v) is 3.99. The molecular weight excluding hydrogens is 360 g/mol. The summed E-state index contributed by atoms with van der Waals surface area (Å²) < 4.78 is 5.06. The first-order chi connectivity index (χ1) is 12.3. The smallest absolute Gasteiger partial charge is 0.283 e. The van der Waals surface area contributed by atoms with Gasteiger partial charge in [0.15, 0.2) is 11.5 Å². The lowest BCUT2D eigenvalue weighted by Crippen LogP contribution is -2.26. The van der Waals surface area contributed by atoms with Crippen molar-refractivity contribution < 1.29 is 14.6 Å². The van der Waals surface area contributed by atoms with Gasteiger partial charge in [0.2, 0.25) is 5.95 Å². The molecule has 3 rings (SSSR count). The number of halogens is 1. The van der Waals surface area contributed by atoms with Crippen molar-refractivity contribution in [1.29, 1.82) is 0 Å². The van der Waals surface area contributed by atoms with Crippen LogP contribution in [0.4, 0.5) is 5.95 Å². The van der Waals surface area contributed by atoms with Crippen LogP contribution in [0.3, 0.4) is 0 Å². The lowest BCUT2D eigenvalue weighted by atomic mass is 10.1. The van der Waals surface area contributed by atoms with Crippen molar-refractivity contribution in [3.8, 4) is 11.5 Å². The van der Waals surface area contributed by atoms with Crippen LogP contribution in [0.5, 0.6) is 11.5 Å². The molecule has 0 atom stereocenters. The quantitative estimate of drug-likeness (QED) is 0.801. The second-order valence-corrected chi connectivity index (χ2v) is 6.03. The number of rotatable bonds is 3. The number of phenolic OH excluding ortho intramolecular Hbond substituents is 1. The monoisotopic (exact) mass is 374 g/mol. The van der Waals surface area contributed by atoms with Gasteiger partial charge in [0.1, 0.15) is 0 Å². The Morgan fingerprint density at radius 1 is 1.27 bits per heavy atom. The largest absolute Gasteiger partial charge is 0.503 e. The number of amides is 1. The predicted molar refractivity (Wildman–Crippen MR) is 97.8 cm³/mol. The maximum absolute atomic E-state index is 12.7. The number of nitrogens with zero attached hydrogens (tertiary/aromatic N) is 3. The van der Waals surface area contributed by atoms with Crippen LogP contribution in [0.25, 0.3) is 6.08 Å². The second-order valence-electron chi connectivity index (χ2n) is 5.62. The minimum Gasteiger partial charge on any atom is -0.503 e. The van der Waals surface area contributed by atoms with E-state index < -0.39 is 5.91 Å². The average Bonchev–Trinajstić information content (AvgIpc) is 2.85. The number of carbonyl (C=O) groups excluding carboxylic acids is 1. The molecule has 1 aromatic heterocycles. The maximum atomic E-state index is 12.7. The summed E-state index contributed by atoms with van der Waals surface area (Å²) in [5.74, 6) is -0.392. The van der Waals surface area contributed by atoms with Gasteiger partial charge in [0.25, 0.3) is 11.5 Å². The zero-order valence-corrected chi connectivity index (χ0v) is 15.0. The fraction of sp³-hybridized carbons (Fsp3) is 0.176. The minimum atomic E-state index is -0.445. The molecule has 134 valence electrons. The molecule has 0 bridgehead atoms. The van der Waals surface area contributed by atoms with E-state index in [1.807, 2.05) is 0 Å². The Bertz CT molecular complexity index is 1030. The highest BCUT2D eigenvalue weighted by Crippen LogP contribution is 2.36. The molecule has 0 saturated carbocycles. The molecule has 0 fully saturated rings. The van der Waals surface area contributed by atoms with Gasteiger partial charge in [0, 0.05) is 11.8 Å². The number of aromatic nitrogens is 2. The molecule has 0 spiro atoms. The fourth-order valence-electron chi connectivity index (χ4n) is 2.49. The molecule has 8 nitrogen and oxygen atoms in total. The van der Waals surface area contributed by atoms with Crippen molar-refractivity contribution in [2.45, 2.75) is 13.8 Å². The molecule has 0 unspecified atom stereocenters. The van der Waals surface area contributed by atoms with Crippen molar-refractivity contribution in [1.82, 2.24) is 9.97 Å². The molecule has 0 aliphatic carbocycles. The van der Waals surface area contributed by atoms with Crippen molar-refractivity contribution in [3.63, 3.8) is 0 Å². The molecule has 1 aliphatic rings. The Hall–Kier alpha value is -3.13. The summed E-state index contributed by atoms with van der Waals surface area (Å²) >= 11 is 5.98. The number of hydrogen-bond acceptors (Lipinski definition) is 6. The van der Waals surface area contributed by atoms with Crippen LogP contribution >= 0.6 is 11.6 Å². The van der Waals surface area contributed by atoms with Crippen LogP contribution < -0.4 is 15.3 Å². The molecular formula is C17H15ClN4O4.